The quantitative estimate of drug-likeness (QED) is 0.302. The van der Waals surface area contributed by atoms with Crippen molar-refractivity contribution >= 4 is 5.84 Å². The van der Waals surface area contributed by atoms with Crippen LogP contribution >= 0.6 is 0 Å². The third kappa shape index (κ3) is 2.25. The van der Waals surface area contributed by atoms with Gasteiger partial charge < -0.3 is 15.7 Å². The van der Waals surface area contributed by atoms with Crippen LogP contribution in [0.4, 0.5) is 0 Å². The summed E-state index contributed by atoms with van der Waals surface area (Å²) >= 11 is 0. The molecule has 15 heavy (non-hydrogen) atoms. The van der Waals surface area contributed by atoms with Crippen molar-refractivity contribution in [3.05, 3.63) is 0 Å². The van der Waals surface area contributed by atoms with Crippen LogP contribution in [-0.4, -0.2) is 23.3 Å². The minimum atomic E-state index is 0.0382. The monoisotopic (exact) mass is 212 g/mol. The van der Waals surface area contributed by atoms with Gasteiger partial charge in [-0.15, -0.1) is 0 Å². The molecule has 0 aromatic heterocycles. The average molecular weight is 212 g/mol. The Morgan fingerprint density at radius 2 is 2.07 bits per heavy atom. The van der Waals surface area contributed by atoms with Gasteiger partial charge in [0.15, 0.2) is 0 Å². The van der Waals surface area contributed by atoms with Crippen LogP contribution in [0.2, 0.25) is 0 Å². The molecule has 1 unspecified atom stereocenters. The molecular weight excluding hydrogens is 192 g/mol. The van der Waals surface area contributed by atoms with E-state index >= 15 is 0 Å². The Morgan fingerprint density at radius 3 is 2.73 bits per heavy atom. The lowest BCUT2D eigenvalue weighted by Gasteiger charge is -2.43. The van der Waals surface area contributed by atoms with Crippen molar-refractivity contribution < 1.29 is 9.94 Å². The van der Waals surface area contributed by atoms with Crippen LogP contribution in [-0.2, 0) is 4.74 Å². The second-order valence-electron chi connectivity index (χ2n) is 4.81. The zero-order valence-electron chi connectivity index (χ0n) is 9.11. The molecule has 1 aliphatic carbocycles. The summed E-state index contributed by atoms with van der Waals surface area (Å²) in [7, 11) is 0. The first-order chi connectivity index (χ1) is 7.26. The van der Waals surface area contributed by atoms with Gasteiger partial charge in [0.25, 0.3) is 0 Å². The molecule has 1 aliphatic heterocycles. The van der Waals surface area contributed by atoms with E-state index in [1.807, 2.05) is 0 Å². The first-order valence-electron chi connectivity index (χ1n) is 5.87. The van der Waals surface area contributed by atoms with Crippen LogP contribution in [0.1, 0.15) is 44.9 Å². The van der Waals surface area contributed by atoms with Gasteiger partial charge in [0, 0.05) is 12.5 Å². The lowest BCUT2D eigenvalue weighted by Crippen LogP contribution is -2.44. The molecule has 4 nitrogen and oxygen atoms in total. The standard InChI is InChI=1S/C11H20N2O2/c12-10(13-14)9-4-7-15-11(8-9)5-2-1-3-6-11/h9,14H,1-8H2,(H2,12,13). The molecule has 1 heterocycles. The van der Waals surface area contributed by atoms with Crippen LogP contribution in [0.15, 0.2) is 5.16 Å². The molecule has 2 fully saturated rings. The Balaban J connectivity index is 2.02. The maximum absolute atomic E-state index is 8.70. The molecule has 86 valence electrons. The number of ether oxygens (including phenoxy) is 1. The number of amidine groups is 1. The minimum absolute atomic E-state index is 0.0382. The second kappa shape index (κ2) is 4.39. The number of nitrogens with zero attached hydrogens (tertiary/aromatic N) is 1. The van der Waals surface area contributed by atoms with E-state index in [1.165, 1.54) is 19.3 Å². The number of nitrogens with two attached hydrogens (primary N) is 1. The van der Waals surface area contributed by atoms with Crippen molar-refractivity contribution in [2.24, 2.45) is 16.8 Å². The Bertz CT molecular complexity index is 241. The van der Waals surface area contributed by atoms with E-state index in [0.29, 0.717) is 5.84 Å². The number of rotatable bonds is 1. The zero-order chi connectivity index (χ0) is 10.7. The summed E-state index contributed by atoms with van der Waals surface area (Å²) < 4.78 is 5.94. The summed E-state index contributed by atoms with van der Waals surface area (Å²) in [5.74, 6) is 0.588. The van der Waals surface area contributed by atoms with Crippen molar-refractivity contribution in [3.8, 4) is 0 Å². The van der Waals surface area contributed by atoms with Gasteiger partial charge in [-0.1, -0.05) is 24.4 Å². The smallest absolute Gasteiger partial charge is 0.142 e. The first kappa shape index (κ1) is 10.7. The predicted molar refractivity (Wildman–Crippen MR) is 57.9 cm³/mol. The molecular formula is C11H20N2O2. The zero-order valence-corrected chi connectivity index (χ0v) is 9.11. The fourth-order valence-electron chi connectivity index (χ4n) is 2.91. The SMILES string of the molecule is NC(=NO)C1CCOC2(CCCCC2)C1. The molecule has 0 amide bonds. The molecule has 3 N–H and O–H groups in total. The Hall–Kier alpha value is -0.770. The van der Waals surface area contributed by atoms with Crippen LogP contribution in [0.5, 0.6) is 0 Å². The number of hydrogen-bond acceptors (Lipinski definition) is 3. The number of oxime groups is 1. The van der Waals surface area contributed by atoms with Crippen molar-refractivity contribution in [1.29, 1.82) is 0 Å². The fourth-order valence-corrected chi connectivity index (χ4v) is 2.91. The predicted octanol–water partition coefficient (Wildman–Crippen LogP) is 1.86. The van der Waals surface area contributed by atoms with Crippen LogP contribution < -0.4 is 5.73 Å². The molecule has 0 aromatic carbocycles. The van der Waals surface area contributed by atoms with Gasteiger partial charge in [0.2, 0.25) is 0 Å². The molecule has 0 bridgehead atoms. The van der Waals surface area contributed by atoms with E-state index in [-0.39, 0.29) is 11.5 Å². The fraction of sp³-hybridized carbons (Fsp3) is 0.909. The normalized spacial score (nSPS) is 31.7. The number of hydrogen-bond donors (Lipinski definition) is 2. The Kier molecular flexibility index (Phi) is 3.14. The summed E-state index contributed by atoms with van der Waals surface area (Å²) in [6.45, 7) is 0.751. The minimum Gasteiger partial charge on any atom is -0.409 e. The Labute approximate surface area is 90.5 Å². The third-order valence-electron chi connectivity index (χ3n) is 3.79. The van der Waals surface area contributed by atoms with Crippen LogP contribution in [0.3, 0.4) is 0 Å². The third-order valence-corrected chi connectivity index (χ3v) is 3.79. The van der Waals surface area contributed by atoms with Gasteiger partial charge in [-0.2, -0.15) is 0 Å². The Morgan fingerprint density at radius 1 is 1.33 bits per heavy atom. The van der Waals surface area contributed by atoms with Gasteiger partial charge in [0.1, 0.15) is 5.84 Å². The van der Waals surface area contributed by atoms with Gasteiger partial charge in [-0.05, 0) is 25.7 Å². The van der Waals surface area contributed by atoms with E-state index in [2.05, 4.69) is 5.16 Å². The maximum Gasteiger partial charge on any atom is 0.142 e. The largest absolute Gasteiger partial charge is 0.409 e. The second-order valence-corrected chi connectivity index (χ2v) is 4.81. The highest BCUT2D eigenvalue weighted by atomic mass is 16.5. The lowest BCUT2D eigenvalue weighted by atomic mass is 9.76. The summed E-state index contributed by atoms with van der Waals surface area (Å²) in [5.41, 5.74) is 5.72. The molecule has 4 heteroatoms. The van der Waals surface area contributed by atoms with Crippen molar-refractivity contribution in [1.82, 2.24) is 0 Å². The molecule has 1 spiro atoms. The molecule has 2 rings (SSSR count). The molecule has 1 saturated carbocycles. The van der Waals surface area contributed by atoms with Gasteiger partial charge in [-0.3, -0.25) is 0 Å². The molecule has 1 atom stereocenters. The van der Waals surface area contributed by atoms with Crippen LogP contribution in [0.25, 0.3) is 0 Å². The summed E-state index contributed by atoms with van der Waals surface area (Å²) in [6.07, 6.45) is 7.93. The lowest BCUT2D eigenvalue weighted by molar-refractivity contribution is -0.108. The van der Waals surface area contributed by atoms with Crippen molar-refractivity contribution in [2.75, 3.05) is 6.61 Å². The summed E-state index contributed by atoms with van der Waals surface area (Å²) in [4.78, 5) is 0. The molecule has 1 saturated heterocycles. The highest BCUT2D eigenvalue weighted by Crippen LogP contribution is 2.40. The van der Waals surface area contributed by atoms with Crippen molar-refractivity contribution in [2.45, 2.75) is 50.5 Å². The molecule has 0 radical (unpaired) electrons. The van der Waals surface area contributed by atoms with Gasteiger partial charge in [-0.25, -0.2) is 0 Å². The van der Waals surface area contributed by atoms with E-state index in [4.69, 9.17) is 15.7 Å². The first-order valence-corrected chi connectivity index (χ1v) is 5.87. The van der Waals surface area contributed by atoms with Crippen molar-refractivity contribution in [3.63, 3.8) is 0 Å². The van der Waals surface area contributed by atoms with E-state index in [9.17, 15) is 0 Å². The molecule has 0 aromatic rings. The summed E-state index contributed by atoms with van der Waals surface area (Å²) in [6, 6.07) is 0. The maximum atomic E-state index is 8.70. The summed E-state index contributed by atoms with van der Waals surface area (Å²) in [5, 5.41) is 11.8. The van der Waals surface area contributed by atoms with Gasteiger partial charge >= 0.3 is 0 Å². The average Bonchev–Trinajstić information content (AvgIpc) is 2.29. The van der Waals surface area contributed by atoms with E-state index in [0.717, 1.165) is 32.3 Å². The van der Waals surface area contributed by atoms with E-state index < -0.39 is 0 Å². The highest BCUT2D eigenvalue weighted by Gasteiger charge is 2.39. The molecule has 2 aliphatic rings. The van der Waals surface area contributed by atoms with Crippen LogP contribution in [0, 0.1) is 5.92 Å². The topological polar surface area (TPSA) is 67.8 Å². The van der Waals surface area contributed by atoms with E-state index in [1.54, 1.807) is 0 Å². The van der Waals surface area contributed by atoms with Gasteiger partial charge in [0.05, 0.1) is 5.60 Å². The highest BCUT2D eigenvalue weighted by molar-refractivity contribution is 5.82.